The van der Waals surface area contributed by atoms with Gasteiger partial charge in [0, 0.05) is 30.1 Å². The molecular weight excluding hydrogens is 224 g/mol. The van der Waals surface area contributed by atoms with E-state index >= 15 is 0 Å². The second-order valence-corrected chi connectivity index (χ2v) is 4.85. The fourth-order valence-electron chi connectivity index (χ4n) is 2.78. The first-order valence-electron chi connectivity index (χ1n) is 6.48. The van der Waals surface area contributed by atoms with E-state index in [1.165, 1.54) is 10.9 Å². The number of aromatic nitrogens is 1. The van der Waals surface area contributed by atoms with Crippen LogP contribution in [0.1, 0.15) is 18.0 Å². The standard InChI is InChI=1S/C15H18N2O/c1-16-15(13-6-8-18-10-13)12-4-5-14-11(9-12)3-2-7-17-14/h2-5,7,9,13,15-16H,6,8,10H2,1H3. The number of nitrogens with zero attached hydrogens (tertiary/aromatic N) is 1. The van der Waals surface area contributed by atoms with Crippen LogP contribution in [0.15, 0.2) is 36.5 Å². The largest absolute Gasteiger partial charge is 0.381 e. The van der Waals surface area contributed by atoms with E-state index in [2.05, 4.69) is 34.6 Å². The molecule has 94 valence electrons. The topological polar surface area (TPSA) is 34.2 Å². The van der Waals surface area contributed by atoms with Crippen LogP contribution in [0.4, 0.5) is 0 Å². The smallest absolute Gasteiger partial charge is 0.0702 e. The molecule has 1 fully saturated rings. The summed E-state index contributed by atoms with van der Waals surface area (Å²) in [6, 6.07) is 11.0. The molecule has 0 bridgehead atoms. The molecule has 2 unspecified atom stereocenters. The van der Waals surface area contributed by atoms with Gasteiger partial charge in [-0.05, 0) is 37.2 Å². The van der Waals surface area contributed by atoms with E-state index < -0.39 is 0 Å². The normalized spacial score (nSPS) is 21.3. The van der Waals surface area contributed by atoms with E-state index in [9.17, 15) is 0 Å². The Bertz CT molecular complexity index is 535. The molecule has 3 heteroatoms. The van der Waals surface area contributed by atoms with Gasteiger partial charge in [0.05, 0.1) is 12.1 Å². The second kappa shape index (κ2) is 5.04. The molecule has 0 spiro atoms. The lowest BCUT2D eigenvalue weighted by atomic mass is 9.92. The third kappa shape index (κ3) is 2.11. The van der Waals surface area contributed by atoms with E-state index in [1.807, 2.05) is 19.3 Å². The molecule has 1 aliphatic heterocycles. The number of pyridine rings is 1. The molecule has 3 nitrogen and oxygen atoms in total. The van der Waals surface area contributed by atoms with E-state index in [-0.39, 0.29) is 0 Å². The summed E-state index contributed by atoms with van der Waals surface area (Å²) in [7, 11) is 2.02. The van der Waals surface area contributed by atoms with E-state index in [0.717, 1.165) is 25.2 Å². The van der Waals surface area contributed by atoms with Crippen molar-refractivity contribution < 1.29 is 4.74 Å². The van der Waals surface area contributed by atoms with E-state index in [0.29, 0.717) is 12.0 Å². The third-order valence-electron chi connectivity index (χ3n) is 3.73. The highest BCUT2D eigenvalue weighted by Crippen LogP contribution is 2.29. The molecule has 1 N–H and O–H groups in total. The van der Waals surface area contributed by atoms with Crippen molar-refractivity contribution in [1.82, 2.24) is 10.3 Å². The molecular formula is C15H18N2O. The van der Waals surface area contributed by atoms with Gasteiger partial charge >= 0.3 is 0 Å². The Hall–Kier alpha value is -1.45. The average molecular weight is 242 g/mol. The van der Waals surface area contributed by atoms with Crippen molar-refractivity contribution in [3.05, 3.63) is 42.1 Å². The highest BCUT2D eigenvalue weighted by molar-refractivity contribution is 5.79. The highest BCUT2D eigenvalue weighted by Gasteiger charge is 2.25. The minimum absolute atomic E-state index is 0.372. The first-order valence-corrected chi connectivity index (χ1v) is 6.48. The van der Waals surface area contributed by atoms with Gasteiger partial charge in [0.2, 0.25) is 0 Å². The predicted octanol–water partition coefficient (Wildman–Crippen LogP) is 2.53. The fourth-order valence-corrected chi connectivity index (χ4v) is 2.78. The van der Waals surface area contributed by atoms with Gasteiger partial charge in [0.15, 0.2) is 0 Å². The Morgan fingerprint density at radius 2 is 2.33 bits per heavy atom. The Labute approximate surface area is 107 Å². The number of benzene rings is 1. The van der Waals surface area contributed by atoms with Crippen LogP contribution in [-0.4, -0.2) is 25.2 Å². The van der Waals surface area contributed by atoms with Crippen LogP contribution in [0, 0.1) is 5.92 Å². The Morgan fingerprint density at radius 1 is 1.39 bits per heavy atom. The molecule has 0 radical (unpaired) electrons. The van der Waals surface area contributed by atoms with Crippen molar-refractivity contribution in [1.29, 1.82) is 0 Å². The Balaban J connectivity index is 1.96. The van der Waals surface area contributed by atoms with Crippen LogP contribution in [-0.2, 0) is 4.74 Å². The lowest BCUT2D eigenvalue weighted by Crippen LogP contribution is -2.25. The van der Waals surface area contributed by atoms with Crippen molar-refractivity contribution in [2.24, 2.45) is 5.92 Å². The zero-order valence-corrected chi connectivity index (χ0v) is 10.6. The number of rotatable bonds is 3. The zero-order chi connectivity index (χ0) is 12.4. The Morgan fingerprint density at radius 3 is 3.11 bits per heavy atom. The molecule has 2 heterocycles. The minimum atomic E-state index is 0.372. The number of nitrogens with one attached hydrogen (secondary N) is 1. The van der Waals surface area contributed by atoms with Crippen molar-refractivity contribution in [3.8, 4) is 0 Å². The van der Waals surface area contributed by atoms with Crippen molar-refractivity contribution in [2.75, 3.05) is 20.3 Å². The molecule has 1 saturated heterocycles. The van der Waals surface area contributed by atoms with Crippen molar-refractivity contribution >= 4 is 10.9 Å². The van der Waals surface area contributed by atoms with Gasteiger partial charge in [-0.25, -0.2) is 0 Å². The maximum atomic E-state index is 5.50. The third-order valence-corrected chi connectivity index (χ3v) is 3.73. The summed E-state index contributed by atoms with van der Waals surface area (Å²) in [5.74, 6) is 0.573. The summed E-state index contributed by atoms with van der Waals surface area (Å²) in [5.41, 5.74) is 2.38. The number of ether oxygens (including phenoxy) is 1. The quantitative estimate of drug-likeness (QED) is 0.898. The SMILES string of the molecule is CNC(c1ccc2ncccc2c1)C1CCOC1. The summed E-state index contributed by atoms with van der Waals surface area (Å²) < 4.78 is 5.50. The fraction of sp³-hybridized carbons (Fsp3) is 0.400. The average Bonchev–Trinajstić information content (AvgIpc) is 2.93. The van der Waals surface area contributed by atoms with Crippen molar-refractivity contribution in [2.45, 2.75) is 12.5 Å². The van der Waals surface area contributed by atoms with Crippen LogP contribution < -0.4 is 5.32 Å². The van der Waals surface area contributed by atoms with Gasteiger partial charge in [-0.1, -0.05) is 12.1 Å². The molecule has 0 amide bonds. The summed E-state index contributed by atoms with van der Waals surface area (Å²) >= 11 is 0. The van der Waals surface area contributed by atoms with Gasteiger partial charge in [-0.2, -0.15) is 0 Å². The molecule has 0 saturated carbocycles. The molecule has 3 rings (SSSR count). The van der Waals surface area contributed by atoms with Crippen LogP contribution >= 0.6 is 0 Å². The second-order valence-electron chi connectivity index (χ2n) is 4.85. The first kappa shape index (κ1) is 11.6. The maximum absolute atomic E-state index is 5.50. The lowest BCUT2D eigenvalue weighted by molar-refractivity contribution is 0.178. The first-order chi connectivity index (χ1) is 8.88. The summed E-state index contributed by atoms with van der Waals surface area (Å²) in [4.78, 5) is 4.36. The van der Waals surface area contributed by atoms with Crippen LogP contribution in [0.2, 0.25) is 0 Å². The van der Waals surface area contributed by atoms with E-state index in [4.69, 9.17) is 4.74 Å². The van der Waals surface area contributed by atoms with Gasteiger partial charge in [-0.3, -0.25) is 4.98 Å². The summed E-state index contributed by atoms with van der Waals surface area (Å²) in [6.45, 7) is 1.74. The van der Waals surface area contributed by atoms with Gasteiger partial charge in [-0.15, -0.1) is 0 Å². The molecule has 1 aromatic carbocycles. The zero-order valence-electron chi connectivity index (χ0n) is 10.6. The molecule has 2 aromatic rings. The maximum Gasteiger partial charge on any atom is 0.0702 e. The van der Waals surface area contributed by atoms with Crippen LogP contribution in [0.5, 0.6) is 0 Å². The van der Waals surface area contributed by atoms with Gasteiger partial charge in [0.1, 0.15) is 0 Å². The van der Waals surface area contributed by atoms with E-state index in [1.54, 1.807) is 0 Å². The monoisotopic (exact) mass is 242 g/mol. The molecule has 18 heavy (non-hydrogen) atoms. The predicted molar refractivity (Wildman–Crippen MR) is 72.5 cm³/mol. The molecule has 1 aliphatic rings. The number of hydrogen-bond acceptors (Lipinski definition) is 3. The number of hydrogen-bond donors (Lipinski definition) is 1. The molecule has 1 aromatic heterocycles. The summed E-state index contributed by atoms with van der Waals surface area (Å²) in [5, 5.41) is 4.63. The van der Waals surface area contributed by atoms with Crippen LogP contribution in [0.25, 0.3) is 10.9 Å². The Kier molecular flexibility index (Phi) is 3.26. The minimum Gasteiger partial charge on any atom is -0.381 e. The molecule has 2 atom stereocenters. The highest BCUT2D eigenvalue weighted by atomic mass is 16.5. The lowest BCUT2D eigenvalue weighted by Gasteiger charge is -2.22. The summed E-state index contributed by atoms with van der Waals surface area (Å²) in [6.07, 6.45) is 2.97. The van der Waals surface area contributed by atoms with Gasteiger partial charge < -0.3 is 10.1 Å². The number of fused-ring (bicyclic) bond motifs is 1. The van der Waals surface area contributed by atoms with Crippen molar-refractivity contribution in [3.63, 3.8) is 0 Å². The molecule has 0 aliphatic carbocycles. The van der Waals surface area contributed by atoms with Gasteiger partial charge in [0.25, 0.3) is 0 Å². The van der Waals surface area contributed by atoms with Crippen LogP contribution in [0.3, 0.4) is 0 Å².